The Hall–Kier alpha value is -2.60. The largest absolute Gasteiger partial charge is 0.489 e. The second-order valence-electron chi connectivity index (χ2n) is 5.77. The predicted molar refractivity (Wildman–Crippen MR) is 88.4 cm³/mol. The van der Waals surface area contributed by atoms with Gasteiger partial charge in [-0.15, -0.1) is 0 Å². The van der Waals surface area contributed by atoms with Gasteiger partial charge in [-0.3, -0.25) is 0 Å². The van der Waals surface area contributed by atoms with Gasteiger partial charge in [0.2, 0.25) is 0 Å². The lowest BCUT2D eigenvalue weighted by Crippen LogP contribution is -2.33. The van der Waals surface area contributed by atoms with Crippen molar-refractivity contribution < 1.29 is 19.0 Å². The topological polar surface area (TPSA) is 61.8 Å². The van der Waals surface area contributed by atoms with E-state index in [1.807, 2.05) is 18.2 Å². The number of likely N-dealkylation sites (tertiary alicyclic amines) is 1. The van der Waals surface area contributed by atoms with Crippen LogP contribution in [-0.2, 0) is 6.61 Å². The van der Waals surface area contributed by atoms with Gasteiger partial charge >= 0.3 is 6.03 Å². The first-order chi connectivity index (χ1) is 11.6. The van der Waals surface area contributed by atoms with E-state index in [4.69, 9.17) is 4.74 Å². The minimum atomic E-state index is -0.443. The molecule has 0 spiro atoms. The number of amides is 2. The van der Waals surface area contributed by atoms with E-state index in [0.29, 0.717) is 30.9 Å². The number of urea groups is 1. The number of hydrogen-bond donors (Lipinski definition) is 2. The number of hydrogen-bond acceptors (Lipinski definition) is 3. The molecule has 2 N–H and O–H groups in total. The van der Waals surface area contributed by atoms with Gasteiger partial charge in [0.25, 0.3) is 0 Å². The highest BCUT2D eigenvalue weighted by Crippen LogP contribution is 2.17. The molecule has 2 aromatic rings. The lowest BCUT2D eigenvalue weighted by atomic mass is 10.2. The Morgan fingerprint density at radius 3 is 2.88 bits per heavy atom. The quantitative estimate of drug-likeness (QED) is 0.906. The summed E-state index contributed by atoms with van der Waals surface area (Å²) in [5.74, 6) is 0.108. The first-order valence-corrected chi connectivity index (χ1v) is 7.81. The zero-order valence-corrected chi connectivity index (χ0v) is 13.1. The number of carbonyl (C=O) groups excluding carboxylic acids is 1. The molecule has 24 heavy (non-hydrogen) atoms. The lowest BCUT2D eigenvalue weighted by Gasteiger charge is -2.17. The molecule has 5 nitrogen and oxygen atoms in total. The number of anilines is 1. The molecule has 3 rings (SSSR count). The van der Waals surface area contributed by atoms with Crippen LogP contribution < -0.4 is 10.1 Å². The predicted octanol–water partition coefficient (Wildman–Crippen LogP) is 3.00. The van der Waals surface area contributed by atoms with Crippen LogP contribution in [0.4, 0.5) is 14.9 Å². The first-order valence-electron chi connectivity index (χ1n) is 7.81. The third-order valence-electron chi connectivity index (χ3n) is 3.83. The molecule has 2 amide bonds. The van der Waals surface area contributed by atoms with Crippen LogP contribution in [-0.4, -0.2) is 35.2 Å². The highest BCUT2D eigenvalue weighted by atomic mass is 19.1. The Morgan fingerprint density at radius 2 is 2.12 bits per heavy atom. The van der Waals surface area contributed by atoms with Gasteiger partial charge in [-0.1, -0.05) is 18.2 Å². The lowest BCUT2D eigenvalue weighted by molar-refractivity contribution is 0.176. The maximum atomic E-state index is 13.1. The van der Waals surface area contributed by atoms with Crippen molar-refractivity contribution in [2.75, 3.05) is 18.4 Å². The summed E-state index contributed by atoms with van der Waals surface area (Å²) >= 11 is 0. The van der Waals surface area contributed by atoms with Gasteiger partial charge in [0.15, 0.2) is 0 Å². The number of nitrogens with zero attached hydrogens (tertiary/aromatic N) is 1. The van der Waals surface area contributed by atoms with Crippen LogP contribution in [0, 0.1) is 5.82 Å². The molecule has 1 aliphatic rings. The van der Waals surface area contributed by atoms with E-state index in [1.54, 1.807) is 23.1 Å². The highest BCUT2D eigenvalue weighted by Gasteiger charge is 2.24. The zero-order chi connectivity index (χ0) is 16.9. The number of aliphatic hydroxyl groups excluding tert-OH is 1. The van der Waals surface area contributed by atoms with Crippen LogP contribution in [0.3, 0.4) is 0 Å². The van der Waals surface area contributed by atoms with E-state index in [0.717, 1.165) is 5.56 Å². The molecule has 0 radical (unpaired) electrons. The van der Waals surface area contributed by atoms with E-state index in [-0.39, 0.29) is 18.5 Å². The summed E-state index contributed by atoms with van der Waals surface area (Å²) in [5, 5.41) is 12.3. The Labute approximate surface area is 139 Å². The second kappa shape index (κ2) is 7.31. The third kappa shape index (κ3) is 4.23. The SMILES string of the molecule is O=C(Nc1cccc(COc2cccc(F)c2)c1)N1CCC(O)C1. The third-order valence-corrected chi connectivity index (χ3v) is 3.83. The average Bonchev–Trinajstić information content (AvgIpc) is 3.00. The molecule has 2 aromatic carbocycles. The summed E-state index contributed by atoms with van der Waals surface area (Å²) in [6, 6.07) is 13.0. The zero-order valence-electron chi connectivity index (χ0n) is 13.1. The van der Waals surface area contributed by atoms with E-state index < -0.39 is 6.10 Å². The molecule has 1 atom stereocenters. The van der Waals surface area contributed by atoms with Gasteiger partial charge in [0.1, 0.15) is 18.2 Å². The smallest absolute Gasteiger partial charge is 0.321 e. The summed E-state index contributed by atoms with van der Waals surface area (Å²) in [4.78, 5) is 13.7. The summed E-state index contributed by atoms with van der Waals surface area (Å²) in [6.07, 6.45) is 0.163. The van der Waals surface area contributed by atoms with Gasteiger partial charge in [-0.25, -0.2) is 9.18 Å². The van der Waals surface area contributed by atoms with Crippen molar-refractivity contribution in [2.24, 2.45) is 0 Å². The molecule has 0 saturated carbocycles. The van der Waals surface area contributed by atoms with Gasteiger partial charge in [-0.05, 0) is 36.2 Å². The van der Waals surface area contributed by atoms with Crippen LogP contribution in [0.2, 0.25) is 0 Å². The number of carbonyl (C=O) groups is 1. The number of β-amino-alcohol motifs (C(OH)–C–C–N with tert-alkyl or cyclic N) is 1. The van der Waals surface area contributed by atoms with Crippen molar-refractivity contribution in [2.45, 2.75) is 19.1 Å². The molecule has 6 heteroatoms. The van der Waals surface area contributed by atoms with Crippen molar-refractivity contribution in [1.82, 2.24) is 4.90 Å². The monoisotopic (exact) mass is 330 g/mol. The molecule has 1 unspecified atom stereocenters. The Kier molecular flexibility index (Phi) is 4.96. The number of aliphatic hydroxyl groups is 1. The van der Waals surface area contributed by atoms with Crippen molar-refractivity contribution in [3.05, 3.63) is 59.9 Å². The molecule has 0 aromatic heterocycles. The minimum Gasteiger partial charge on any atom is -0.489 e. The molecule has 1 saturated heterocycles. The van der Waals surface area contributed by atoms with Crippen molar-refractivity contribution >= 4 is 11.7 Å². The normalized spacial score (nSPS) is 16.9. The second-order valence-corrected chi connectivity index (χ2v) is 5.77. The maximum absolute atomic E-state index is 13.1. The average molecular weight is 330 g/mol. The molecular formula is C18H19FN2O3. The van der Waals surface area contributed by atoms with Crippen LogP contribution >= 0.6 is 0 Å². The Balaban J connectivity index is 1.58. The van der Waals surface area contributed by atoms with Crippen LogP contribution in [0.5, 0.6) is 5.75 Å². The number of rotatable bonds is 4. The molecule has 1 fully saturated rings. The molecule has 0 aliphatic carbocycles. The van der Waals surface area contributed by atoms with E-state index in [2.05, 4.69) is 5.32 Å². The van der Waals surface area contributed by atoms with Crippen molar-refractivity contribution in [3.63, 3.8) is 0 Å². The summed E-state index contributed by atoms with van der Waals surface area (Å²) in [7, 11) is 0. The molecule has 126 valence electrons. The molecular weight excluding hydrogens is 311 g/mol. The standard InChI is InChI=1S/C18H19FN2O3/c19-14-4-2-6-17(10-14)24-12-13-3-1-5-15(9-13)20-18(23)21-8-7-16(22)11-21/h1-6,9-10,16,22H,7-8,11-12H2,(H,20,23). The summed E-state index contributed by atoms with van der Waals surface area (Å²) in [5.41, 5.74) is 1.51. The molecule has 1 aliphatic heterocycles. The Bertz CT molecular complexity index is 723. The number of ether oxygens (including phenoxy) is 1. The minimum absolute atomic E-state index is 0.227. The number of benzene rings is 2. The first kappa shape index (κ1) is 16.3. The highest BCUT2D eigenvalue weighted by molar-refractivity contribution is 5.89. The van der Waals surface area contributed by atoms with E-state index >= 15 is 0 Å². The van der Waals surface area contributed by atoms with Crippen molar-refractivity contribution in [3.8, 4) is 5.75 Å². The summed E-state index contributed by atoms with van der Waals surface area (Å²) in [6.45, 7) is 1.18. The number of halogens is 1. The summed E-state index contributed by atoms with van der Waals surface area (Å²) < 4.78 is 18.7. The van der Waals surface area contributed by atoms with Crippen LogP contribution in [0.25, 0.3) is 0 Å². The van der Waals surface area contributed by atoms with Gasteiger partial charge in [0.05, 0.1) is 6.10 Å². The van der Waals surface area contributed by atoms with Gasteiger partial charge in [-0.2, -0.15) is 0 Å². The van der Waals surface area contributed by atoms with Crippen LogP contribution in [0.15, 0.2) is 48.5 Å². The van der Waals surface area contributed by atoms with Crippen LogP contribution in [0.1, 0.15) is 12.0 Å². The fourth-order valence-electron chi connectivity index (χ4n) is 2.59. The van der Waals surface area contributed by atoms with E-state index in [1.165, 1.54) is 12.1 Å². The Morgan fingerprint density at radius 1 is 1.29 bits per heavy atom. The number of nitrogens with one attached hydrogen (secondary N) is 1. The van der Waals surface area contributed by atoms with Gasteiger partial charge < -0.3 is 20.1 Å². The maximum Gasteiger partial charge on any atom is 0.321 e. The fourth-order valence-corrected chi connectivity index (χ4v) is 2.59. The molecule has 1 heterocycles. The van der Waals surface area contributed by atoms with Gasteiger partial charge in [0, 0.05) is 24.8 Å². The van der Waals surface area contributed by atoms with E-state index in [9.17, 15) is 14.3 Å². The fraction of sp³-hybridized carbons (Fsp3) is 0.278. The molecule has 0 bridgehead atoms. The van der Waals surface area contributed by atoms with Crippen molar-refractivity contribution in [1.29, 1.82) is 0 Å².